The maximum Gasteiger partial charge on any atom is 0.141 e. The zero-order valence-corrected chi connectivity index (χ0v) is 12.5. The Morgan fingerprint density at radius 3 is 2.79 bits per heavy atom. The van der Waals surface area contributed by atoms with Crippen molar-refractivity contribution in [1.29, 1.82) is 0 Å². The fourth-order valence-corrected chi connectivity index (χ4v) is 3.61. The van der Waals surface area contributed by atoms with Gasteiger partial charge in [0, 0.05) is 12.6 Å². The van der Waals surface area contributed by atoms with Crippen LogP contribution in [0.5, 0.6) is 0 Å². The van der Waals surface area contributed by atoms with Crippen molar-refractivity contribution in [3.8, 4) is 0 Å². The lowest BCUT2D eigenvalue weighted by atomic mass is 9.96. The molecule has 1 unspecified atom stereocenters. The van der Waals surface area contributed by atoms with Gasteiger partial charge in [0.15, 0.2) is 0 Å². The van der Waals surface area contributed by atoms with E-state index in [-0.39, 0.29) is 11.1 Å². The van der Waals surface area contributed by atoms with Crippen molar-refractivity contribution in [3.05, 3.63) is 34.6 Å². The highest BCUT2D eigenvalue weighted by atomic mass is 35.5. The lowest BCUT2D eigenvalue weighted by Crippen LogP contribution is -2.44. The Labute approximate surface area is 122 Å². The van der Waals surface area contributed by atoms with Gasteiger partial charge in [0.05, 0.1) is 10.6 Å². The molecule has 5 heteroatoms. The molecule has 2 rings (SSSR count). The average Bonchev–Trinajstić information content (AvgIpc) is 2.40. The van der Waals surface area contributed by atoms with Gasteiger partial charge in [-0.05, 0) is 49.0 Å². The van der Waals surface area contributed by atoms with Crippen LogP contribution in [0.2, 0.25) is 5.02 Å². The SMILES string of the molecule is CC(NCC1(O)CCSCC1)c1ccc(F)c(Cl)c1. The van der Waals surface area contributed by atoms with Crippen molar-refractivity contribution >= 4 is 23.4 Å². The van der Waals surface area contributed by atoms with Gasteiger partial charge in [-0.3, -0.25) is 0 Å². The topological polar surface area (TPSA) is 32.3 Å². The second-order valence-electron chi connectivity index (χ2n) is 5.11. The van der Waals surface area contributed by atoms with Crippen molar-refractivity contribution in [2.45, 2.75) is 31.4 Å². The molecular formula is C14H19ClFNOS. The lowest BCUT2D eigenvalue weighted by molar-refractivity contribution is 0.0300. The molecule has 1 aromatic carbocycles. The Bertz CT molecular complexity index is 437. The van der Waals surface area contributed by atoms with E-state index < -0.39 is 11.4 Å². The monoisotopic (exact) mass is 303 g/mol. The summed E-state index contributed by atoms with van der Waals surface area (Å²) in [5.41, 5.74) is 0.323. The molecule has 2 N–H and O–H groups in total. The van der Waals surface area contributed by atoms with Gasteiger partial charge in [-0.25, -0.2) is 4.39 Å². The number of aliphatic hydroxyl groups is 1. The third-order valence-electron chi connectivity index (χ3n) is 3.60. The molecule has 1 saturated heterocycles. The van der Waals surface area contributed by atoms with E-state index in [0.717, 1.165) is 29.9 Å². The van der Waals surface area contributed by atoms with Gasteiger partial charge < -0.3 is 10.4 Å². The molecule has 0 aliphatic carbocycles. The fourth-order valence-electron chi connectivity index (χ4n) is 2.17. The third-order valence-corrected chi connectivity index (χ3v) is 4.88. The Hall–Kier alpha value is -0.290. The van der Waals surface area contributed by atoms with Crippen LogP contribution < -0.4 is 5.32 Å². The van der Waals surface area contributed by atoms with Crippen molar-refractivity contribution in [3.63, 3.8) is 0 Å². The number of nitrogens with one attached hydrogen (secondary N) is 1. The molecule has 1 atom stereocenters. The van der Waals surface area contributed by atoms with Gasteiger partial charge in [0.25, 0.3) is 0 Å². The second kappa shape index (κ2) is 6.44. The molecule has 1 aliphatic heterocycles. The van der Waals surface area contributed by atoms with Crippen LogP contribution in [-0.4, -0.2) is 28.8 Å². The Morgan fingerprint density at radius 2 is 2.16 bits per heavy atom. The normalized spacial score (nSPS) is 20.2. The molecule has 1 heterocycles. The average molecular weight is 304 g/mol. The predicted molar refractivity (Wildman–Crippen MR) is 79.3 cm³/mol. The zero-order chi connectivity index (χ0) is 13.9. The number of halogens is 2. The smallest absolute Gasteiger partial charge is 0.141 e. The summed E-state index contributed by atoms with van der Waals surface area (Å²) >= 11 is 7.66. The van der Waals surface area contributed by atoms with Crippen molar-refractivity contribution in [2.24, 2.45) is 0 Å². The van der Waals surface area contributed by atoms with Crippen LogP contribution in [0.25, 0.3) is 0 Å². The van der Waals surface area contributed by atoms with Gasteiger partial charge in [-0.1, -0.05) is 17.7 Å². The molecule has 0 amide bonds. The predicted octanol–water partition coefficient (Wildman–Crippen LogP) is 3.39. The van der Waals surface area contributed by atoms with Crippen LogP contribution in [0, 0.1) is 5.82 Å². The maximum absolute atomic E-state index is 13.1. The highest BCUT2D eigenvalue weighted by molar-refractivity contribution is 7.99. The van der Waals surface area contributed by atoms with Gasteiger partial charge >= 0.3 is 0 Å². The first kappa shape index (κ1) is 15.1. The third kappa shape index (κ3) is 4.09. The first-order valence-electron chi connectivity index (χ1n) is 6.49. The van der Waals surface area contributed by atoms with E-state index in [1.165, 1.54) is 6.07 Å². The summed E-state index contributed by atoms with van der Waals surface area (Å²) in [6, 6.07) is 4.77. The zero-order valence-electron chi connectivity index (χ0n) is 11.0. The minimum absolute atomic E-state index is 0.0386. The molecule has 106 valence electrons. The van der Waals surface area contributed by atoms with Gasteiger partial charge in [-0.15, -0.1) is 0 Å². The van der Waals surface area contributed by atoms with Crippen LogP contribution in [0.4, 0.5) is 4.39 Å². The van der Waals surface area contributed by atoms with Crippen molar-refractivity contribution in [2.75, 3.05) is 18.1 Å². The summed E-state index contributed by atoms with van der Waals surface area (Å²) in [6.07, 6.45) is 1.64. The molecule has 0 spiro atoms. The molecule has 2 nitrogen and oxygen atoms in total. The number of hydrogen-bond donors (Lipinski definition) is 2. The largest absolute Gasteiger partial charge is 0.389 e. The molecule has 19 heavy (non-hydrogen) atoms. The van der Waals surface area contributed by atoms with Gasteiger partial charge in [0.2, 0.25) is 0 Å². The Kier molecular flexibility index (Phi) is 5.12. The molecule has 0 bridgehead atoms. The highest BCUT2D eigenvalue weighted by Gasteiger charge is 2.29. The molecule has 1 aliphatic rings. The van der Waals surface area contributed by atoms with E-state index in [9.17, 15) is 9.50 Å². The number of rotatable bonds is 4. The molecule has 1 fully saturated rings. The number of thioether (sulfide) groups is 1. The molecule has 1 aromatic rings. The molecule has 0 radical (unpaired) electrons. The number of benzene rings is 1. The van der Waals surface area contributed by atoms with Gasteiger partial charge in [0.1, 0.15) is 5.82 Å². The van der Waals surface area contributed by atoms with E-state index in [2.05, 4.69) is 5.32 Å². The van der Waals surface area contributed by atoms with E-state index in [1.807, 2.05) is 18.7 Å². The van der Waals surface area contributed by atoms with Crippen molar-refractivity contribution in [1.82, 2.24) is 5.32 Å². The molecular weight excluding hydrogens is 285 g/mol. The van der Waals surface area contributed by atoms with E-state index in [1.54, 1.807) is 12.1 Å². The highest BCUT2D eigenvalue weighted by Crippen LogP contribution is 2.27. The summed E-state index contributed by atoms with van der Waals surface area (Å²) in [6.45, 7) is 2.55. The molecule has 0 aromatic heterocycles. The Balaban J connectivity index is 1.93. The van der Waals surface area contributed by atoms with Crippen LogP contribution in [0.1, 0.15) is 31.4 Å². The molecule has 0 saturated carbocycles. The summed E-state index contributed by atoms with van der Waals surface area (Å²) in [5.74, 6) is 1.62. The second-order valence-corrected chi connectivity index (χ2v) is 6.74. The van der Waals surface area contributed by atoms with E-state index >= 15 is 0 Å². The lowest BCUT2D eigenvalue weighted by Gasteiger charge is -2.33. The minimum Gasteiger partial charge on any atom is -0.389 e. The standard InChI is InChI=1S/C14H19ClFNOS/c1-10(11-2-3-13(16)12(15)8-11)17-9-14(18)4-6-19-7-5-14/h2-3,8,10,17-18H,4-7,9H2,1H3. The minimum atomic E-state index is -0.608. The van der Waals surface area contributed by atoms with E-state index in [4.69, 9.17) is 11.6 Å². The summed E-state index contributed by atoms with van der Waals surface area (Å²) < 4.78 is 13.1. The van der Waals surface area contributed by atoms with Crippen LogP contribution in [0.15, 0.2) is 18.2 Å². The van der Waals surface area contributed by atoms with Crippen molar-refractivity contribution < 1.29 is 9.50 Å². The van der Waals surface area contributed by atoms with Gasteiger partial charge in [-0.2, -0.15) is 11.8 Å². The quantitative estimate of drug-likeness (QED) is 0.894. The summed E-state index contributed by atoms with van der Waals surface area (Å²) in [5, 5.41) is 13.9. The maximum atomic E-state index is 13.1. The summed E-state index contributed by atoms with van der Waals surface area (Å²) in [7, 11) is 0. The van der Waals surface area contributed by atoms with Crippen LogP contribution >= 0.6 is 23.4 Å². The van der Waals surface area contributed by atoms with E-state index in [0.29, 0.717) is 6.54 Å². The first-order valence-corrected chi connectivity index (χ1v) is 8.02. The van der Waals surface area contributed by atoms with Crippen LogP contribution in [-0.2, 0) is 0 Å². The fraction of sp³-hybridized carbons (Fsp3) is 0.571. The first-order chi connectivity index (χ1) is 9.00. The number of hydrogen-bond acceptors (Lipinski definition) is 3. The van der Waals surface area contributed by atoms with Crippen LogP contribution in [0.3, 0.4) is 0 Å². The Morgan fingerprint density at radius 1 is 1.47 bits per heavy atom. The summed E-state index contributed by atoms with van der Waals surface area (Å²) in [4.78, 5) is 0.